The highest BCUT2D eigenvalue weighted by Crippen LogP contribution is 2.16. The molecule has 16 heavy (non-hydrogen) atoms. The third-order valence-electron chi connectivity index (χ3n) is 1.83. The highest BCUT2D eigenvalue weighted by molar-refractivity contribution is 7.12. The number of ether oxygens (including phenoxy) is 2. The average molecular weight is 240 g/mol. The van der Waals surface area contributed by atoms with Crippen molar-refractivity contribution in [1.29, 1.82) is 0 Å². The fourth-order valence-corrected chi connectivity index (χ4v) is 1.95. The quantitative estimate of drug-likeness (QED) is 0.607. The molecule has 0 atom stereocenters. The zero-order chi connectivity index (χ0) is 11.6. The minimum Gasteiger partial charge on any atom is -0.385 e. The van der Waals surface area contributed by atoms with Crippen LogP contribution in [0.5, 0.6) is 0 Å². The van der Waals surface area contributed by atoms with Crippen LogP contribution in [0.1, 0.15) is 16.2 Å². The Morgan fingerprint density at radius 1 is 1.38 bits per heavy atom. The van der Waals surface area contributed by atoms with Gasteiger partial charge in [-0.3, -0.25) is 0 Å². The van der Waals surface area contributed by atoms with Crippen LogP contribution in [0.25, 0.3) is 0 Å². The van der Waals surface area contributed by atoms with Gasteiger partial charge in [0.05, 0.1) is 11.5 Å². The van der Waals surface area contributed by atoms with Crippen molar-refractivity contribution < 1.29 is 14.6 Å². The van der Waals surface area contributed by atoms with Crippen molar-refractivity contribution in [3.8, 4) is 11.8 Å². The van der Waals surface area contributed by atoms with Crippen molar-refractivity contribution in [2.24, 2.45) is 0 Å². The second-order valence-corrected chi connectivity index (χ2v) is 4.29. The van der Waals surface area contributed by atoms with Gasteiger partial charge >= 0.3 is 0 Å². The number of hydrogen-bond acceptors (Lipinski definition) is 4. The summed E-state index contributed by atoms with van der Waals surface area (Å²) in [7, 11) is 1.69. The van der Waals surface area contributed by atoms with Crippen LogP contribution in [-0.2, 0) is 16.1 Å². The molecule has 0 saturated carbocycles. The van der Waals surface area contributed by atoms with Crippen LogP contribution < -0.4 is 0 Å². The van der Waals surface area contributed by atoms with Crippen LogP contribution in [0.4, 0.5) is 0 Å². The maximum Gasteiger partial charge on any atom is 0.104 e. The lowest BCUT2D eigenvalue weighted by Gasteiger charge is -2.01. The molecular weight excluding hydrogens is 224 g/mol. The Kier molecular flexibility index (Phi) is 6.86. The van der Waals surface area contributed by atoms with E-state index in [2.05, 4.69) is 11.8 Å². The van der Waals surface area contributed by atoms with Gasteiger partial charge in [0.25, 0.3) is 0 Å². The minimum absolute atomic E-state index is 0.0965. The van der Waals surface area contributed by atoms with Crippen molar-refractivity contribution in [2.75, 3.05) is 26.9 Å². The summed E-state index contributed by atoms with van der Waals surface area (Å²) in [5.41, 5.74) is 0. The molecule has 0 fully saturated rings. The molecule has 0 aromatic carbocycles. The Morgan fingerprint density at radius 3 is 3.00 bits per heavy atom. The summed E-state index contributed by atoms with van der Waals surface area (Å²) in [6.07, 6.45) is 0.916. The molecule has 0 aliphatic rings. The maximum absolute atomic E-state index is 8.55. The van der Waals surface area contributed by atoms with Gasteiger partial charge in [-0.25, -0.2) is 0 Å². The predicted molar refractivity (Wildman–Crippen MR) is 64.4 cm³/mol. The summed E-state index contributed by atoms with van der Waals surface area (Å²) < 4.78 is 10.4. The van der Waals surface area contributed by atoms with Crippen LogP contribution in [0.3, 0.4) is 0 Å². The van der Waals surface area contributed by atoms with Crippen molar-refractivity contribution in [3.05, 3.63) is 21.9 Å². The fraction of sp³-hybridized carbons (Fsp3) is 0.500. The number of methoxy groups -OCH3 is 1. The molecule has 0 saturated heterocycles. The van der Waals surface area contributed by atoms with E-state index in [1.54, 1.807) is 18.4 Å². The SMILES string of the molecule is COCCCOCc1ccc(C#CCO)s1. The lowest BCUT2D eigenvalue weighted by atomic mass is 10.4. The van der Waals surface area contributed by atoms with Crippen LogP contribution >= 0.6 is 11.3 Å². The number of hydrogen-bond donors (Lipinski definition) is 1. The summed E-state index contributed by atoms with van der Waals surface area (Å²) in [4.78, 5) is 2.11. The lowest BCUT2D eigenvalue weighted by Crippen LogP contribution is -1.98. The first-order valence-corrected chi connectivity index (χ1v) is 5.93. The van der Waals surface area contributed by atoms with E-state index >= 15 is 0 Å². The smallest absolute Gasteiger partial charge is 0.104 e. The Balaban J connectivity index is 2.24. The molecule has 1 N–H and O–H groups in total. The molecule has 0 aliphatic carbocycles. The standard InChI is InChI=1S/C12H16O3S/c1-14-8-3-9-15-10-12-6-5-11(16-12)4-2-7-13/h5-6,13H,3,7-10H2,1H3. The van der Waals surface area contributed by atoms with E-state index in [-0.39, 0.29) is 6.61 Å². The van der Waals surface area contributed by atoms with Crippen molar-refractivity contribution in [1.82, 2.24) is 0 Å². The van der Waals surface area contributed by atoms with Crippen molar-refractivity contribution in [2.45, 2.75) is 13.0 Å². The topological polar surface area (TPSA) is 38.7 Å². The first kappa shape index (κ1) is 13.2. The molecule has 0 spiro atoms. The van der Waals surface area contributed by atoms with E-state index < -0.39 is 0 Å². The molecule has 1 aromatic rings. The molecule has 88 valence electrons. The zero-order valence-corrected chi connectivity index (χ0v) is 10.2. The van der Waals surface area contributed by atoms with Crippen LogP contribution in [0.2, 0.25) is 0 Å². The maximum atomic E-state index is 8.55. The van der Waals surface area contributed by atoms with Gasteiger partial charge in [0.15, 0.2) is 0 Å². The highest BCUT2D eigenvalue weighted by Gasteiger charge is 1.97. The van der Waals surface area contributed by atoms with Gasteiger partial charge in [-0.2, -0.15) is 0 Å². The summed E-state index contributed by atoms with van der Waals surface area (Å²) >= 11 is 1.60. The van der Waals surface area contributed by atoms with E-state index in [1.807, 2.05) is 12.1 Å². The number of aliphatic hydroxyl groups is 1. The zero-order valence-electron chi connectivity index (χ0n) is 9.36. The molecule has 4 heteroatoms. The third-order valence-corrected chi connectivity index (χ3v) is 2.81. The second-order valence-electron chi connectivity index (χ2n) is 3.12. The number of rotatable bonds is 6. The summed E-state index contributed by atoms with van der Waals surface area (Å²) in [6, 6.07) is 3.95. The monoisotopic (exact) mass is 240 g/mol. The Bertz CT molecular complexity index is 349. The van der Waals surface area contributed by atoms with E-state index in [0.717, 1.165) is 22.8 Å². The van der Waals surface area contributed by atoms with Gasteiger partial charge in [-0.15, -0.1) is 11.3 Å². The molecule has 0 bridgehead atoms. The van der Waals surface area contributed by atoms with Crippen molar-refractivity contribution in [3.63, 3.8) is 0 Å². The van der Waals surface area contributed by atoms with Gasteiger partial charge in [-0.05, 0) is 18.6 Å². The van der Waals surface area contributed by atoms with Crippen molar-refractivity contribution >= 4 is 11.3 Å². The summed E-state index contributed by atoms with van der Waals surface area (Å²) in [5.74, 6) is 5.49. The van der Waals surface area contributed by atoms with E-state index in [0.29, 0.717) is 13.2 Å². The van der Waals surface area contributed by atoms with Crippen LogP contribution in [-0.4, -0.2) is 32.0 Å². The molecule has 1 heterocycles. The van der Waals surface area contributed by atoms with E-state index in [1.165, 1.54) is 0 Å². The lowest BCUT2D eigenvalue weighted by molar-refractivity contribution is 0.0943. The predicted octanol–water partition coefficient (Wildman–Crippen LogP) is 1.65. The molecule has 0 radical (unpaired) electrons. The minimum atomic E-state index is -0.0965. The molecular formula is C12H16O3S. The molecule has 0 amide bonds. The number of aliphatic hydroxyl groups excluding tert-OH is 1. The summed E-state index contributed by atoms with van der Waals surface area (Å²) in [6.45, 7) is 1.97. The largest absolute Gasteiger partial charge is 0.385 e. The molecule has 1 rings (SSSR count). The summed E-state index contributed by atoms with van der Waals surface area (Å²) in [5, 5.41) is 8.55. The first-order valence-electron chi connectivity index (χ1n) is 5.12. The van der Waals surface area contributed by atoms with E-state index in [4.69, 9.17) is 14.6 Å². The Labute approximate surface area is 100 Å². The normalized spacial score (nSPS) is 9.88. The number of thiophene rings is 1. The Morgan fingerprint density at radius 2 is 2.25 bits per heavy atom. The van der Waals surface area contributed by atoms with Gasteiger partial charge in [0, 0.05) is 25.2 Å². The molecule has 3 nitrogen and oxygen atoms in total. The van der Waals surface area contributed by atoms with Gasteiger partial charge in [-0.1, -0.05) is 11.8 Å². The highest BCUT2D eigenvalue weighted by atomic mass is 32.1. The fourth-order valence-electron chi connectivity index (χ4n) is 1.13. The third kappa shape index (κ3) is 5.29. The molecule has 0 unspecified atom stereocenters. The first-order chi connectivity index (χ1) is 7.86. The Hall–Kier alpha value is -0.860. The van der Waals surface area contributed by atoms with Gasteiger partial charge < -0.3 is 14.6 Å². The van der Waals surface area contributed by atoms with Gasteiger partial charge in [0.1, 0.15) is 6.61 Å². The molecule has 0 aliphatic heterocycles. The molecule has 1 aromatic heterocycles. The van der Waals surface area contributed by atoms with Crippen LogP contribution in [0.15, 0.2) is 12.1 Å². The average Bonchev–Trinajstić information content (AvgIpc) is 2.74. The second kappa shape index (κ2) is 8.31. The van der Waals surface area contributed by atoms with Gasteiger partial charge in [0.2, 0.25) is 0 Å². The van der Waals surface area contributed by atoms with Crippen LogP contribution in [0, 0.1) is 11.8 Å². The van der Waals surface area contributed by atoms with E-state index in [9.17, 15) is 0 Å².